The van der Waals surface area contributed by atoms with Gasteiger partial charge in [-0.3, -0.25) is 4.40 Å². The molecule has 0 saturated carbocycles. The van der Waals surface area contributed by atoms with Crippen molar-refractivity contribution >= 4 is 23.1 Å². The van der Waals surface area contributed by atoms with Gasteiger partial charge in [-0.2, -0.15) is 0 Å². The van der Waals surface area contributed by atoms with E-state index in [1.54, 1.807) is 31.1 Å². The molecule has 0 amide bonds. The van der Waals surface area contributed by atoms with Gasteiger partial charge in [-0.1, -0.05) is 20.8 Å². The number of aromatic nitrogens is 2. The Balaban J connectivity index is 2.18. The molecule has 0 aliphatic rings. The number of anilines is 1. The lowest BCUT2D eigenvalue weighted by molar-refractivity contribution is 0.389. The summed E-state index contributed by atoms with van der Waals surface area (Å²) in [6.07, 6.45) is 3.66. The first-order valence-electron chi connectivity index (χ1n) is 8.11. The summed E-state index contributed by atoms with van der Waals surface area (Å²) >= 11 is 1.69. The van der Waals surface area contributed by atoms with Crippen LogP contribution in [0, 0.1) is 5.82 Å². The van der Waals surface area contributed by atoms with Gasteiger partial charge in [0.25, 0.3) is 0 Å². The van der Waals surface area contributed by atoms with Gasteiger partial charge in [0.05, 0.1) is 36.7 Å². The van der Waals surface area contributed by atoms with Gasteiger partial charge < -0.3 is 15.2 Å². The molecule has 0 bridgehead atoms. The number of ether oxygens (including phenoxy) is 2. The lowest BCUT2D eigenvalue weighted by Crippen LogP contribution is -2.07. The van der Waals surface area contributed by atoms with Gasteiger partial charge in [0.1, 0.15) is 11.4 Å². The van der Waals surface area contributed by atoms with Gasteiger partial charge in [0.15, 0.2) is 11.6 Å². The van der Waals surface area contributed by atoms with Crippen LogP contribution in [0.3, 0.4) is 0 Å². The van der Waals surface area contributed by atoms with E-state index in [-0.39, 0.29) is 16.2 Å². The van der Waals surface area contributed by atoms with Crippen LogP contribution in [-0.2, 0) is 0 Å². The number of methoxy groups -OCH3 is 2. The van der Waals surface area contributed by atoms with E-state index in [0.29, 0.717) is 11.2 Å². The summed E-state index contributed by atoms with van der Waals surface area (Å²) in [4.78, 5) is 5.40. The minimum Gasteiger partial charge on any atom is -0.495 e. The molecule has 2 aromatic heterocycles. The Kier molecular flexibility index (Phi) is 4.75. The molecule has 0 unspecified atom stereocenters. The van der Waals surface area contributed by atoms with Gasteiger partial charge in [-0.25, -0.2) is 9.37 Å². The molecule has 138 valence electrons. The molecule has 2 N–H and O–H groups in total. The quantitative estimate of drug-likeness (QED) is 0.532. The number of halogens is 1. The maximum atomic E-state index is 14.3. The van der Waals surface area contributed by atoms with Crippen molar-refractivity contribution in [3.63, 3.8) is 0 Å². The van der Waals surface area contributed by atoms with Crippen LogP contribution in [0.5, 0.6) is 11.5 Å². The fourth-order valence-corrected chi connectivity index (χ4v) is 3.81. The molecule has 7 heteroatoms. The Labute approximate surface area is 156 Å². The highest BCUT2D eigenvalue weighted by Crippen LogP contribution is 2.39. The number of imidazole rings is 1. The average Bonchev–Trinajstić information content (AvgIpc) is 2.95. The number of pyridine rings is 1. The van der Waals surface area contributed by atoms with E-state index in [2.05, 4.69) is 25.8 Å². The van der Waals surface area contributed by atoms with Crippen molar-refractivity contribution in [1.29, 1.82) is 0 Å². The molecule has 0 saturated heterocycles. The number of nitrogen functional groups attached to an aromatic ring is 1. The number of thioether (sulfide) groups is 1. The number of benzene rings is 1. The summed E-state index contributed by atoms with van der Waals surface area (Å²) in [5.41, 5.74) is 8.25. The highest BCUT2D eigenvalue weighted by atomic mass is 32.2. The topological polar surface area (TPSA) is 61.8 Å². The Bertz CT molecular complexity index is 940. The van der Waals surface area contributed by atoms with E-state index >= 15 is 0 Å². The van der Waals surface area contributed by atoms with Crippen molar-refractivity contribution in [3.8, 4) is 22.8 Å². The minimum absolute atomic E-state index is 0.0123. The third-order valence-electron chi connectivity index (χ3n) is 3.78. The van der Waals surface area contributed by atoms with Gasteiger partial charge >= 0.3 is 0 Å². The zero-order chi connectivity index (χ0) is 19.1. The van der Waals surface area contributed by atoms with Gasteiger partial charge in [-0.15, -0.1) is 11.8 Å². The summed E-state index contributed by atoms with van der Waals surface area (Å²) < 4.78 is 26.7. The first-order chi connectivity index (χ1) is 12.2. The number of hydrogen-bond acceptors (Lipinski definition) is 5. The predicted molar refractivity (Wildman–Crippen MR) is 104 cm³/mol. The van der Waals surface area contributed by atoms with E-state index < -0.39 is 5.82 Å². The molecule has 0 aliphatic carbocycles. The average molecular weight is 375 g/mol. The van der Waals surface area contributed by atoms with Crippen molar-refractivity contribution in [2.75, 3.05) is 20.0 Å². The molecular weight excluding hydrogens is 353 g/mol. The van der Waals surface area contributed by atoms with Gasteiger partial charge in [0.2, 0.25) is 0 Å². The number of fused-ring (bicyclic) bond motifs is 1. The number of nitrogens with two attached hydrogens (primary N) is 1. The summed E-state index contributed by atoms with van der Waals surface area (Å²) in [6, 6.07) is 4.96. The van der Waals surface area contributed by atoms with Crippen LogP contribution in [0.15, 0.2) is 35.5 Å². The monoisotopic (exact) mass is 375 g/mol. The second-order valence-corrected chi connectivity index (χ2v) is 8.74. The second-order valence-electron chi connectivity index (χ2n) is 6.87. The summed E-state index contributed by atoms with van der Waals surface area (Å²) in [7, 11) is 3.03. The van der Waals surface area contributed by atoms with E-state index in [1.165, 1.54) is 13.2 Å². The predicted octanol–water partition coefficient (Wildman–Crippen LogP) is 4.63. The van der Waals surface area contributed by atoms with Gasteiger partial charge in [0, 0.05) is 22.6 Å². The van der Waals surface area contributed by atoms with Crippen molar-refractivity contribution in [1.82, 2.24) is 9.38 Å². The number of nitrogens with zero attached hydrogens (tertiary/aromatic N) is 2. The highest BCUT2D eigenvalue weighted by molar-refractivity contribution is 8.00. The third-order valence-corrected chi connectivity index (χ3v) is 4.92. The first-order valence-corrected chi connectivity index (χ1v) is 8.92. The molecule has 2 heterocycles. The van der Waals surface area contributed by atoms with Crippen LogP contribution in [0.25, 0.3) is 16.9 Å². The number of rotatable bonds is 4. The van der Waals surface area contributed by atoms with E-state index in [9.17, 15) is 4.39 Å². The fourth-order valence-electron chi connectivity index (χ4n) is 2.74. The molecule has 0 atom stereocenters. The molecule has 0 spiro atoms. The first kappa shape index (κ1) is 18.4. The fraction of sp³-hybridized carbons (Fsp3) is 0.316. The largest absolute Gasteiger partial charge is 0.495 e. The zero-order valence-corrected chi connectivity index (χ0v) is 16.3. The van der Waals surface area contributed by atoms with E-state index in [0.717, 1.165) is 16.3 Å². The maximum absolute atomic E-state index is 14.3. The van der Waals surface area contributed by atoms with E-state index in [1.807, 2.05) is 16.7 Å². The van der Waals surface area contributed by atoms with Crippen molar-refractivity contribution in [2.24, 2.45) is 0 Å². The van der Waals surface area contributed by atoms with E-state index in [4.69, 9.17) is 15.2 Å². The molecule has 0 radical (unpaired) electrons. The lowest BCUT2D eigenvalue weighted by atomic mass is 10.1. The lowest BCUT2D eigenvalue weighted by Gasteiger charge is -2.19. The van der Waals surface area contributed by atoms with Crippen molar-refractivity contribution in [3.05, 3.63) is 36.4 Å². The minimum atomic E-state index is -0.504. The van der Waals surface area contributed by atoms with Crippen LogP contribution in [0.2, 0.25) is 0 Å². The van der Waals surface area contributed by atoms with Crippen molar-refractivity contribution < 1.29 is 13.9 Å². The molecule has 0 fully saturated rings. The highest BCUT2D eigenvalue weighted by Gasteiger charge is 2.19. The van der Waals surface area contributed by atoms with Crippen LogP contribution in [0.1, 0.15) is 20.8 Å². The molecule has 0 aliphatic heterocycles. The van der Waals surface area contributed by atoms with Crippen LogP contribution >= 0.6 is 11.8 Å². The molecule has 3 rings (SSSR count). The zero-order valence-electron chi connectivity index (χ0n) is 15.5. The van der Waals surface area contributed by atoms with Crippen LogP contribution < -0.4 is 15.2 Å². The molecule has 5 nitrogen and oxygen atoms in total. The summed E-state index contributed by atoms with van der Waals surface area (Å²) in [5.74, 6) is 0.304. The van der Waals surface area contributed by atoms with Crippen LogP contribution in [-0.4, -0.2) is 28.4 Å². The molecule has 1 aromatic carbocycles. The molecule has 3 aromatic rings. The SMILES string of the molecule is COc1cc2ncc(-c3cc(N)c(OC)c(F)c3)n2cc1SC(C)(C)C. The Morgan fingerprint density at radius 1 is 1.15 bits per heavy atom. The summed E-state index contributed by atoms with van der Waals surface area (Å²) in [5, 5.41) is 0. The maximum Gasteiger partial charge on any atom is 0.177 e. The standard InChI is InChI=1S/C19H22FN3O2S/c1-19(2,3)26-16-10-23-14(9-22-17(23)8-15(16)24-4)11-6-12(20)18(25-5)13(21)7-11/h6-10H,21H2,1-5H3. The Morgan fingerprint density at radius 3 is 2.46 bits per heavy atom. The van der Waals surface area contributed by atoms with Crippen molar-refractivity contribution in [2.45, 2.75) is 30.4 Å². The van der Waals surface area contributed by atoms with Gasteiger partial charge in [-0.05, 0) is 12.1 Å². The smallest absolute Gasteiger partial charge is 0.177 e. The number of hydrogen-bond donors (Lipinski definition) is 1. The summed E-state index contributed by atoms with van der Waals surface area (Å²) in [6.45, 7) is 6.40. The Hall–Kier alpha value is -2.41. The normalized spacial score (nSPS) is 11.8. The molecular formula is C19H22FN3O2S. The second kappa shape index (κ2) is 6.72. The third kappa shape index (κ3) is 3.44. The molecule has 26 heavy (non-hydrogen) atoms. The van der Waals surface area contributed by atoms with Crippen LogP contribution in [0.4, 0.5) is 10.1 Å². The Morgan fingerprint density at radius 2 is 1.88 bits per heavy atom.